The molecule has 0 spiro atoms. The molecule has 1 atom stereocenters. The molecule has 0 aromatic heterocycles. The lowest BCUT2D eigenvalue weighted by atomic mass is 9.93. The number of carboxylic acids is 1. The van der Waals surface area contributed by atoms with Gasteiger partial charge in [0.05, 0.1) is 0 Å². The summed E-state index contributed by atoms with van der Waals surface area (Å²) in [6.07, 6.45) is 6.33. The lowest BCUT2D eigenvalue weighted by molar-refractivity contribution is -0.139. The van der Waals surface area contributed by atoms with E-state index >= 15 is 0 Å². The molecule has 5 heteroatoms. The highest BCUT2D eigenvalue weighted by Crippen LogP contribution is 2.29. The number of carbonyl (C=O) groups excluding carboxylic acids is 1. The van der Waals surface area contributed by atoms with Crippen molar-refractivity contribution in [3.63, 3.8) is 0 Å². The number of aliphatic carboxylic acids is 1. The molecule has 4 nitrogen and oxygen atoms in total. The van der Waals surface area contributed by atoms with Crippen LogP contribution in [0.4, 0.5) is 0 Å². The van der Waals surface area contributed by atoms with Crippen molar-refractivity contribution in [1.29, 1.82) is 0 Å². The van der Waals surface area contributed by atoms with Gasteiger partial charge in [-0.25, -0.2) is 4.79 Å². The molecule has 0 bridgehead atoms. The Morgan fingerprint density at radius 2 is 1.62 bits per heavy atom. The quantitative estimate of drug-likeness (QED) is 0.411. The fourth-order valence-corrected chi connectivity index (χ4v) is 3.92. The topological polar surface area (TPSA) is 66.4 Å². The second-order valence-electron chi connectivity index (χ2n) is 7.51. The van der Waals surface area contributed by atoms with Crippen molar-refractivity contribution >= 4 is 35.8 Å². The molecule has 32 heavy (non-hydrogen) atoms. The van der Waals surface area contributed by atoms with E-state index in [2.05, 4.69) is 5.32 Å². The zero-order chi connectivity index (χ0) is 22.9. The average Bonchev–Trinajstić information content (AvgIpc) is 2.81. The largest absolute Gasteiger partial charge is 0.480 e. The maximum atomic E-state index is 13.1. The van der Waals surface area contributed by atoms with Gasteiger partial charge in [0.2, 0.25) is 0 Å². The van der Waals surface area contributed by atoms with Crippen LogP contribution in [0.25, 0.3) is 23.3 Å². The predicted octanol–water partition coefficient (Wildman–Crippen LogP) is 5.77. The Hall–Kier alpha value is -3.31. The van der Waals surface area contributed by atoms with Crippen LogP contribution >= 0.6 is 11.8 Å². The van der Waals surface area contributed by atoms with E-state index in [0.29, 0.717) is 17.7 Å². The molecular formula is C27H27NO3S. The fourth-order valence-electron chi connectivity index (χ4n) is 3.45. The molecule has 0 aliphatic heterocycles. The lowest BCUT2D eigenvalue weighted by Gasteiger charge is -2.17. The smallest absolute Gasteiger partial charge is 0.326 e. The van der Waals surface area contributed by atoms with Crippen molar-refractivity contribution in [3.05, 3.63) is 95.1 Å². The molecule has 0 radical (unpaired) electrons. The van der Waals surface area contributed by atoms with Crippen molar-refractivity contribution in [2.45, 2.75) is 19.4 Å². The molecule has 0 saturated carbocycles. The first-order valence-corrected chi connectivity index (χ1v) is 11.8. The Bertz CT molecular complexity index is 1110. The zero-order valence-electron chi connectivity index (χ0n) is 18.2. The number of rotatable bonds is 9. The predicted molar refractivity (Wildman–Crippen MR) is 134 cm³/mol. The van der Waals surface area contributed by atoms with Gasteiger partial charge < -0.3 is 10.4 Å². The standard InChI is InChI=1S/C27H27NO3S/c1-19-8-6-7-11-22(19)24-18-21(13-12-20-9-4-3-5-10-20)14-15-23(24)26(29)28-25(27(30)31)16-17-32-2/h3-15,18,25H,16-17H2,1-2H3,(H,28,29)(H,30,31)/t25-/m0/s1. The minimum absolute atomic E-state index is 0.375. The summed E-state index contributed by atoms with van der Waals surface area (Å²) < 4.78 is 0. The van der Waals surface area contributed by atoms with Gasteiger partial charge in [-0.1, -0.05) is 72.8 Å². The molecular weight excluding hydrogens is 418 g/mol. The van der Waals surface area contributed by atoms with Crippen LogP contribution in [-0.4, -0.2) is 35.0 Å². The summed E-state index contributed by atoms with van der Waals surface area (Å²) in [4.78, 5) is 24.7. The second-order valence-corrected chi connectivity index (χ2v) is 8.50. The number of hydrogen-bond acceptors (Lipinski definition) is 3. The van der Waals surface area contributed by atoms with E-state index in [1.807, 2.05) is 92.1 Å². The summed E-state index contributed by atoms with van der Waals surface area (Å²) in [5.41, 5.74) is 5.29. The Morgan fingerprint density at radius 1 is 0.938 bits per heavy atom. The van der Waals surface area contributed by atoms with E-state index in [0.717, 1.165) is 27.8 Å². The van der Waals surface area contributed by atoms with Gasteiger partial charge in [0.15, 0.2) is 0 Å². The van der Waals surface area contributed by atoms with Gasteiger partial charge in [-0.3, -0.25) is 4.79 Å². The summed E-state index contributed by atoms with van der Waals surface area (Å²) in [5.74, 6) is -0.743. The third kappa shape index (κ3) is 6.11. The summed E-state index contributed by atoms with van der Waals surface area (Å²) in [6, 6.07) is 22.6. The van der Waals surface area contributed by atoms with Crippen molar-refractivity contribution in [2.24, 2.45) is 0 Å². The molecule has 3 aromatic carbocycles. The third-order valence-corrected chi connectivity index (χ3v) is 5.85. The van der Waals surface area contributed by atoms with Gasteiger partial charge in [-0.05, 0) is 65.3 Å². The molecule has 164 valence electrons. The molecule has 3 rings (SSSR count). The summed E-state index contributed by atoms with van der Waals surface area (Å²) >= 11 is 1.56. The van der Waals surface area contributed by atoms with Crippen LogP contribution in [0.1, 0.15) is 33.5 Å². The number of thioether (sulfide) groups is 1. The normalized spacial score (nSPS) is 11.9. The molecule has 0 unspecified atom stereocenters. The average molecular weight is 446 g/mol. The van der Waals surface area contributed by atoms with Gasteiger partial charge in [0, 0.05) is 5.56 Å². The number of aryl methyl sites for hydroxylation is 1. The van der Waals surface area contributed by atoms with Crippen molar-refractivity contribution in [2.75, 3.05) is 12.0 Å². The summed E-state index contributed by atoms with van der Waals surface area (Å²) in [6.45, 7) is 2.00. The van der Waals surface area contributed by atoms with Crippen LogP contribution in [0, 0.1) is 6.92 Å². The Kier molecular flexibility index (Phi) is 8.28. The van der Waals surface area contributed by atoms with Gasteiger partial charge >= 0.3 is 5.97 Å². The number of benzene rings is 3. The van der Waals surface area contributed by atoms with E-state index in [4.69, 9.17) is 0 Å². The zero-order valence-corrected chi connectivity index (χ0v) is 19.1. The van der Waals surface area contributed by atoms with E-state index in [1.54, 1.807) is 17.8 Å². The number of amides is 1. The van der Waals surface area contributed by atoms with E-state index in [-0.39, 0.29) is 5.91 Å². The summed E-state index contributed by atoms with van der Waals surface area (Å²) in [5, 5.41) is 12.2. The van der Waals surface area contributed by atoms with Crippen LogP contribution in [0.5, 0.6) is 0 Å². The SMILES string of the molecule is CSCC[C@H](NC(=O)c1ccc(C=Cc2ccccc2)cc1-c1ccccc1C)C(=O)O. The first kappa shape index (κ1) is 23.4. The third-order valence-electron chi connectivity index (χ3n) is 5.21. The highest BCUT2D eigenvalue weighted by Gasteiger charge is 2.22. The first-order valence-electron chi connectivity index (χ1n) is 10.5. The van der Waals surface area contributed by atoms with Crippen LogP contribution in [0.2, 0.25) is 0 Å². The monoisotopic (exact) mass is 445 g/mol. The van der Waals surface area contributed by atoms with E-state index in [9.17, 15) is 14.7 Å². The lowest BCUT2D eigenvalue weighted by Crippen LogP contribution is -2.41. The van der Waals surface area contributed by atoms with Crippen molar-refractivity contribution < 1.29 is 14.7 Å². The maximum absolute atomic E-state index is 13.1. The molecule has 2 N–H and O–H groups in total. The van der Waals surface area contributed by atoms with Gasteiger partial charge in [0.1, 0.15) is 6.04 Å². The van der Waals surface area contributed by atoms with Gasteiger partial charge in [-0.15, -0.1) is 0 Å². The minimum atomic E-state index is -1.02. The molecule has 0 aliphatic rings. The second kappa shape index (κ2) is 11.3. The molecule has 0 aliphatic carbocycles. The van der Waals surface area contributed by atoms with Crippen molar-refractivity contribution in [1.82, 2.24) is 5.32 Å². The number of nitrogens with one attached hydrogen (secondary N) is 1. The fraction of sp³-hybridized carbons (Fsp3) is 0.185. The summed E-state index contributed by atoms with van der Waals surface area (Å²) in [7, 11) is 0. The molecule has 0 fully saturated rings. The maximum Gasteiger partial charge on any atom is 0.326 e. The minimum Gasteiger partial charge on any atom is -0.480 e. The molecule has 0 heterocycles. The number of carbonyl (C=O) groups is 2. The molecule has 3 aromatic rings. The molecule has 1 amide bonds. The number of carboxylic acid groups (broad SMARTS) is 1. The van der Waals surface area contributed by atoms with Crippen LogP contribution in [0.15, 0.2) is 72.8 Å². The highest BCUT2D eigenvalue weighted by molar-refractivity contribution is 7.98. The Labute approximate surface area is 193 Å². The van der Waals surface area contributed by atoms with Crippen LogP contribution in [-0.2, 0) is 4.79 Å². The Balaban J connectivity index is 1.98. The van der Waals surface area contributed by atoms with Crippen LogP contribution < -0.4 is 5.32 Å². The highest BCUT2D eigenvalue weighted by atomic mass is 32.2. The van der Waals surface area contributed by atoms with Crippen LogP contribution in [0.3, 0.4) is 0 Å². The van der Waals surface area contributed by atoms with Gasteiger partial charge in [-0.2, -0.15) is 11.8 Å². The molecule has 0 saturated heterocycles. The van der Waals surface area contributed by atoms with Crippen molar-refractivity contribution in [3.8, 4) is 11.1 Å². The first-order chi connectivity index (χ1) is 15.5. The Morgan fingerprint density at radius 3 is 2.31 bits per heavy atom. The number of hydrogen-bond donors (Lipinski definition) is 2. The van der Waals surface area contributed by atoms with E-state index < -0.39 is 12.0 Å². The van der Waals surface area contributed by atoms with Gasteiger partial charge in [0.25, 0.3) is 5.91 Å². The van der Waals surface area contributed by atoms with E-state index in [1.165, 1.54) is 0 Å².